The summed E-state index contributed by atoms with van der Waals surface area (Å²) in [5, 5.41) is 3.62. The first-order chi connectivity index (χ1) is 10.3. The Bertz CT molecular complexity index is 621. The predicted molar refractivity (Wildman–Crippen MR) is 88.2 cm³/mol. The topological polar surface area (TPSA) is 21.3 Å². The second kappa shape index (κ2) is 6.21. The lowest BCUT2D eigenvalue weighted by molar-refractivity contribution is 0.409. The van der Waals surface area contributed by atoms with Crippen molar-refractivity contribution in [2.45, 2.75) is 38.6 Å². The number of rotatable bonds is 5. The molecule has 0 aromatic heterocycles. The van der Waals surface area contributed by atoms with Crippen molar-refractivity contribution in [1.29, 1.82) is 0 Å². The molecule has 0 saturated heterocycles. The van der Waals surface area contributed by atoms with Crippen molar-refractivity contribution < 1.29 is 4.74 Å². The van der Waals surface area contributed by atoms with E-state index < -0.39 is 0 Å². The first-order valence-electron chi connectivity index (χ1n) is 7.76. The van der Waals surface area contributed by atoms with Crippen LogP contribution in [0.3, 0.4) is 0 Å². The van der Waals surface area contributed by atoms with Crippen LogP contribution >= 0.6 is 0 Å². The summed E-state index contributed by atoms with van der Waals surface area (Å²) in [6.45, 7) is 2.22. The minimum atomic E-state index is 0.376. The van der Waals surface area contributed by atoms with E-state index in [0.717, 1.165) is 12.2 Å². The highest BCUT2D eigenvalue weighted by molar-refractivity contribution is 5.51. The summed E-state index contributed by atoms with van der Waals surface area (Å²) < 4.78 is 5.43. The standard InChI is InChI=1S/C19H23NO/c1-14(12-17-6-3-4-9-19(17)21-2)20-18-11-10-15-7-5-8-16(15)13-18/h3-4,6,9-11,13-14,20H,5,7-8,12H2,1-2H3. The summed E-state index contributed by atoms with van der Waals surface area (Å²) in [6.07, 6.45) is 4.73. The van der Waals surface area contributed by atoms with E-state index in [4.69, 9.17) is 4.74 Å². The summed E-state index contributed by atoms with van der Waals surface area (Å²) in [6, 6.07) is 15.4. The number of fused-ring (bicyclic) bond motifs is 1. The monoisotopic (exact) mass is 281 g/mol. The number of hydrogen-bond donors (Lipinski definition) is 1. The molecule has 0 amide bonds. The van der Waals surface area contributed by atoms with Gasteiger partial charge in [0, 0.05) is 11.7 Å². The van der Waals surface area contributed by atoms with E-state index in [1.165, 1.54) is 41.6 Å². The molecule has 0 fully saturated rings. The van der Waals surface area contributed by atoms with Crippen LogP contribution in [0.25, 0.3) is 0 Å². The van der Waals surface area contributed by atoms with E-state index in [-0.39, 0.29) is 0 Å². The molecular weight excluding hydrogens is 258 g/mol. The Labute approximate surface area is 127 Å². The van der Waals surface area contributed by atoms with Crippen molar-refractivity contribution in [3.05, 3.63) is 59.2 Å². The van der Waals surface area contributed by atoms with E-state index >= 15 is 0 Å². The molecule has 21 heavy (non-hydrogen) atoms. The van der Waals surface area contributed by atoms with Crippen molar-refractivity contribution in [3.63, 3.8) is 0 Å². The number of ether oxygens (including phenoxy) is 1. The number of hydrogen-bond acceptors (Lipinski definition) is 2. The van der Waals surface area contributed by atoms with Crippen molar-refractivity contribution in [2.24, 2.45) is 0 Å². The maximum Gasteiger partial charge on any atom is 0.122 e. The van der Waals surface area contributed by atoms with Crippen LogP contribution in [0.15, 0.2) is 42.5 Å². The number of aryl methyl sites for hydroxylation is 2. The van der Waals surface area contributed by atoms with Crippen LogP contribution in [0, 0.1) is 0 Å². The molecule has 0 saturated carbocycles. The van der Waals surface area contributed by atoms with Gasteiger partial charge in [0.15, 0.2) is 0 Å². The van der Waals surface area contributed by atoms with Gasteiger partial charge in [0.1, 0.15) is 5.75 Å². The molecule has 0 bridgehead atoms. The fourth-order valence-electron chi connectivity index (χ4n) is 3.20. The van der Waals surface area contributed by atoms with Gasteiger partial charge in [-0.15, -0.1) is 0 Å². The van der Waals surface area contributed by atoms with Gasteiger partial charge in [-0.25, -0.2) is 0 Å². The third kappa shape index (κ3) is 3.21. The molecule has 110 valence electrons. The van der Waals surface area contributed by atoms with Crippen LogP contribution in [0.2, 0.25) is 0 Å². The first-order valence-corrected chi connectivity index (χ1v) is 7.76. The van der Waals surface area contributed by atoms with Crippen LogP contribution in [-0.4, -0.2) is 13.2 Å². The fourth-order valence-corrected chi connectivity index (χ4v) is 3.20. The van der Waals surface area contributed by atoms with Crippen LogP contribution in [0.4, 0.5) is 5.69 Å². The van der Waals surface area contributed by atoms with Gasteiger partial charge >= 0.3 is 0 Å². The number of para-hydroxylation sites is 1. The quantitative estimate of drug-likeness (QED) is 0.885. The van der Waals surface area contributed by atoms with Crippen LogP contribution in [0.5, 0.6) is 5.75 Å². The smallest absolute Gasteiger partial charge is 0.122 e. The number of methoxy groups -OCH3 is 1. The number of anilines is 1. The van der Waals surface area contributed by atoms with Gasteiger partial charge in [-0.2, -0.15) is 0 Å². The zero-order valence-electron chi connectivity index (χ0n) is 12.9. The third-order valence-corrected chi connectivity index (χ3v) is 4.23. The summed E-state index contributed by atoms with van der Waals surface area (Å²) in [7, 11) is 1.73. The SMILES string of the molecule is COc1ccccc1CC(C)Nc1ccc2c(c1)CCC2. The van der Waals surface area contributed by atoms with Gasteiger partial charge in [0.05, 0.1) is 7.11 Å². The second-order valence-corrected chi connectivity index (χ2v) is 5.90. The Hall–Kier alpha value is -1.96. The predicted octanol–water partition coefficient (Wildman–Crippen LogP) is 4.23. The van der Waals surface area contributed by atoms with E-state index in [1.807, 2.05) is 12.1 Å². The maximum atomic E-state index is 5.43. The number of nitrogens with one attached hydrogen (secondary N) is 1. The molecule has 0 aliphatic heterocycles. The lowest BCUT2D eigenvalue weighted by Gasteiger charge is -2.17. The molecule has 1 atom stereocenters. The molecule has 1 aliphatic carbocycles. The minimum absolute atomic E-state index is 0.376. The third-order valence-electron chi connectivity index (χ3n) is 4.23. The fraction of sp³-hybridized carbons (Fsp3) is 0.368. The summed E-state index contributed by atoms with van der Waals surface area (Å²) in [4.78, 5) is 0. The molecule has 2 nitrogen and oxygen atoms in total. The zero-order chi connectivity index (χ0) is 14.7. The molecule has 0 spiro atoms. The van der Waals surface area contributed by atoms with Gasteiger partial charge in [0.25, 0.3) is 0 Å². The second-order valence-electron chi connectivity index (χ2n) is 5.90. The number of benzene rings is 2. The van der Waals surface area contributed by atoms with E-state index in [1.54, 1.807) is 7.11 Å². The molecule has 1 unspecified atom stereocenters. The Balaban J connectivity index is 1.67. The van der Waals surface area contributed by atoms with Gasteiger partial charge in [-0.05, 0) is 67.5 Å². The average Bonchev–Trinajstić information content (AvgIpc) is 2.95. The lowest BCUT2D eigenvalue weighted by atomic mass is 10.0. The van der Waals surface area contributed by atoms with Crippen LogP contribution < -0.4 is 10.1 Å². The van der Waals surface area contributed by atoms with E-state index in [0.29, 0.717) is 6.04 Å². The Kier molecular flexibility index (Phi) is 4.14. The molecule has 0 radical (unpaired) electrons. The van der Waals surface area contributed by atoms with E-state index in [2.05, 4.69) is 42.6 Å². The lowest BCUT2D eigenvalue weighted by Crippen LogP contribution is -2.18. The van der Waals surface area contributed by atoms with Crippen molar-refractivity contribution in [2.75, 3.05) is 12.4 Å². The molecule has 2 aromatic rings. The highest BCUT2D eigenvalue weighted by atomic mass is 16.5. The van der Waals surface area contributed by atoms with Gasteiger partial charge in [-0.3, -0.25) is 0 Å². The van der Waals surface area contributed by atoms with Crippen molar-refractivity contribution in [3.8, 4) is 5.75 Å². The summed E-state index contributed by atoms with van der Waals surface area (Å²) >= 11 is 0. The molecule has 0 heterocycles. The normalized spacial score (nSPS) is 14.6. The largest absolute Gasteiger partial charge is 0.496 e. The Morgan fingerprint density at radius 3 is 2.76 bits per heavy atom. The van der Waals surface area contributed by atoms with Gasteiger partial charge in [0.2, 0.25) is 0 Å². The molecule has 3 rings (SSSR count). The minimum Gasteiger partial charge on any atom is -0.496 e. The molecule has 1 N–H and O–H groups in total. The van der Waals surface area contributed by atoms with Crippen LogP contribution in [-0.2, 0) is 19.3 Å². The maximum absolute atomic E-state index is 5.43. The van der Waals surface area contributed by atoms with Crippen molar-refractivity contribution in [1.82, 2.24) is 0 Å². The Morgan fingerprint density at radius 1 is 1.10 bits per heavy atom. The first kappa shape index (κ1) is 14.0. The summed E-state index contributed by atoms with van der Waals surface area (Å²) in [5.74, 6) is 0.972. The molecule has 2 heteroatoms. The van der Waals surface area contributed by atoms with Crippen LogP contribution in [0.1, 0.15) is 30.0 Å². The van der Waals surface area contributed by atoms with E-state index in [9.17, 15) is 0 Å². The highest BCUT2D eigenvalue weighted by Gasteiger charge is 2.12. The molecule has 1 aliphatic rings. The van der Waals surface area contributed by atoms with Crippen molar-refractivity contribution >= 4 is 5.69 Å². The van der Waals surface area contributed by atoms with Gasteiger partial charge < -0.3 is 10.1 Å². The Morgan fingerprint density at radius 2 is 1.90 bits per heavy atom. The molecular formula is C19H23NO. The highest BCUT2D eigenvalue weighted by Crippen LogP contribution is 2.26. The molecule has 2 aromatic carbocycles. The van der Waals surface area contributed by atoms with Gasteiger partial charge in [-0.1, -0.05) is 24.3 Å². The average molecular weight is 281 g/mol. The zero-order valence-corrected chi connectivity index (χ0v) is 12.9. The summed E-state index contributed by atoms with van der Waals surface area (Å²) in [5.41, 5.74) is 5.53.